The maximum absolute atomic E-state index is 13.2. The molecule has 0 aliphatic heterocycles. The predicted molar refractivity (Wildman–Crippen MR) is 105 cm³/mol. The van der Waals surface area contributed by atoms with Crippen molar-refractivity contribution in [1.29, 1.82) is 0 Å². The molecule has 0 fully saturated rings. The number of thiophene rings is 1. The molecule has 136 valence electrons. The van der Waals surface area contributed by atoms with Gasteiger partial charge in [0, 0.05) is 17.5 Å². The third-order valence-corrected chi connectivity index (χ3v) is 5.71. The molecule has 0 unspecified atom stereocenters. The number of hydrogen-bond donors (Lipinski definition) is 1. The highest BCUT2D eigenvalue weighted by Crippen LogP contribution is 2.32. The van der Waals surface area contributed by atoms with Crippen LogP contribution in [0.4, 0.5) is 0 Å². The van der Waals surface area contributed by atoms with Gasteiger partial charge in [-0.2, -0.15) is 0 Å². The average Bonchev–Trinajstić information content (AvgIpc) is 2.97. The largest absolute Gasteiger partial charge is 0.481 e. The second kappa shape index (κ2) is 6.36. The fourth-order valence-corrected chi connectivity index (χ4v) is 3.88. The second-order valence-electron chi connectivity index (χ2n) is 7.37. The minimum atomic E-state index is -1.05. The Balaban J connectivity index is 2.23. The lowest BCUT2D eigenvalue weighted by molar-refractivity contribution is -0.147. The molecular weight excluding hydrogens is 348 g/mol. The van der Waals surface area contributed by atoms with Gasteiger partial charge >= 0.3 is 5.97 Å². The number of carboxylic acid groups (broad SMARTS) is 1. The van der Waals surface area contributed by atoms with Crippen molar-refractivity contribution in [1.82, 2.24) is 9.55 Å². The summed E-state index contributed by atoms with van der Waals surface area (Å²) in [6.45, 7) is 9.15. The van der Waals surface area contributed by atoms with Crippen LogP contribution in [0.15, 0.2) is 28.4 Å². The van der Waals surface area contributed by atoms with E-state index in [1.165, 1.54) is 21.5 Å². The second-order valence-corrected chi connectivity index (χ2v) is 8.23. The average molecular weight is 370 g/mol. The van der Waals surface area contributed by atoms with Gasteiger partial charge in [-0.05, 0) is 51.3 Å². The highest BCUT2D eigenvalue weighted by Gasteiger charge is 2.29. The van der Waals surface area contributed by atoms with Crippen molar-refractivity contribution in [3.05, 3.63) is 50.9 Å². The van der Waals surface area contributed by atoms with Crippen LogP contribution in [-0.4, -0.2) is 20.6 Å². The number of carboxylic acids is 1. The Hall–Kier alpha value is -2.47. The van der Waals surface area contributed by atoms with Gasteiger partial charge in [-0.3, -0.25) is 14.2 Å². The number of fused-ring (bicyclic) bond motifs is 1. The van der Waals surface area contributed by atoms with Gasteiger partial charge < -0.3 is 5.11 Å². The Labute approximate surface area is 155 Å². The van der Waals surface area contributed by atoms with Gasteiger partial charge in [0.25, 0.3) is 5.56 Å². The van der Waals surface area contributed by atoms with E-state index in [1.54, 1.807) is 20.8 Å². The van der Waals surface area contributed by atoms with E-state index in [0.717, 1.165) is 16.7 Å². The quantitative estimate of drug-likeness (QED) is 0.748. The number of aliphatic carboxylic acids is 1. The zero-order valence-corrected chi connectivity index (χ0v) is 16.4. The summed E-state index contributed by atoms with van der Waals surface area (Å²) in [6, 6.07) is 6.12. The molecule has 0 atom stereocenters. The first-order chi connectivity index (χ1) is 12.1. The van der Waals surface area contributed by atoms with E-state index >= 15 is 0 Å². The fraction of sp³-hybridized carbons (Fsp3) is 0.350. The van der Waals surface area contributed by atoms with Crippen LogP contribution < -0.4 is 5.56 Å². The Morgan fingerprint density at radius 1 is 1.23 bits per heavy atom. The summed E-state index contributed by atoms with van der Waals surface area (Å²) < 4.78 is 1.48. The van der Waals surface area contributed by atoms with Crippen molar-refractivity contribution >= 4 is 27.5 Å². The van der Waals surface area contributed by atoms with Gasteiger partial charge in [0.05, 0.1) is 10.8 Å². The Morgan fingerprint density at radius 2 is 1.92 bits per heavy atom. The maximum atomic E-state index is 13.2. The van der Waals surface area contributed by atoms with Crippen molar-refractivity contribution in [3.8, 4) is 11.1 Å². The van der Waals surface area contributed by atoms with Crippen LogP contribution in [0.1, 0.15) is 30.8 Å². The topological polar surface area (TPSA) is 72.2 Å². The van der Waals surface area contributed by atoms with Crippen molar-refractivity contribution in [3.63, 3.8) is 0 Å². The molecule has 0 saturated heterocycles. The van der Waals surface area contributed by atoms with Crippen LogP contribution in [-0.2, 0) is 11.3 Å². The minimum absolute atomic E-state index is 0.0815. The molecule has 0 aliphatic carbocycles. The molecule has 1 aromatic carbocycles. The van der Waals surface area contributed by atoms with Crippen LogP contribution >= 0.6 is 11.3 Å². The first-order valence-corrected chi connectivity index (χ1v) is 9.29. The van der Waals surface area contributed by atoms with E-state index in [-0.39, 0.29) is 12.1 Å². The molecule has 26 heavy (non-hydrogen) atoms. The molecule has 2 heterocycles. The molecule has 5 nitrogen and oxygen atoms in total. The van der Waals surface area contributed by atoms with Gasteiger partial charge in [-0.15, -0.1) is 11.3 Å². The summed E-state index contributed by atoms with van der Waals surface area (Å²) >= 11 is 1.44. The molecule has 0 aliphatic rings. The van der Waals surface area contributed by atoms with Crippen molar-refractivity contribution in [2.75, 3.05) is 0 Å². The first kappa shape index (κ1) is 18.3. The molecule has 0 amide bonds. The smallest absolute Gasteiger partial charge is 0.310 e. The number of rotatable bonds is 4. The van der Waals surface area contributed by atoms with Gasteiger partial charge in [0.15, 0.2) is 0 Å². The van der Waals surface area contributed by atoms with E-state index in [2.05, 4.69) is 18.0 Å². The fourth-order valence-electron chi connectivity index (χ4n) is 2.90. The van der Waals surface area contributed by atoms with Crippen molar-refractivity contribution in [2.24, 2.45) is 5.41 Å². The Morgan fingerprint density at radius 3 is 2.54 bits per heavy atom. The van der Waals surface area contributed by atoms with Crippen LogP contribution in [0, 0.1) is 26.2 Å². The third-order valence-electron chi connectivity index (χ3n) is 4.83. The van der Waals surface area contributed by atoms with Crippen LogP contribution in [0.2, 0.25) is 0 Å². The molecule has 6 heteroatoms. The van der Waals surface area contributed by atoms with Gasteiger partial charge in [-0.1, -0.05) is 18.2 Å². The van der Waals surface area contributed by atoms with E-state index in [9.17, 15) is 14.7 Å². The van der Waals surface area contributed by atoms with E-state index in [4.69, 9.17) is 0 Å². The summed E-state index contributed by atoms with van der Waals surface area (Å²) in [6.07, 6.45) is 0. The molecule has 2 aromatic heterocycles. The summed E-state index contributed by atoms with van der Waals surface area (Å²) in [5.74, 6) is -0.408. The summed E-state index contributed by atoms with van der Waals surface area (Å²) in [7, 11) is 0. The van der Waals surface area contributed by atoms with Crippen molar-refractivity contribution < 1.29 is 9.90 Å². The molecule has 0 saturated carbocycles. The van der Waals surface area contributed by atoms with Crippen LogP contribution in [0.3, 0.4) is 0 Å². The Bertz CT molecular complexity index is 1080. The number of hydrogen-bond acceptors (Lipinski definition) is 4. The number of aryl methyl sites for hydroxylation is 3. The summed E-state index contributed by atoms with van der Waals surface area (Å²) in [4.78, 5) is 29.9. The summed E-state index contributed by atoms with van der Waals surface area (Å²) in [5, 5.41) is 11.9. The van der Waals surface area contributed by atoms with Crippen LogP contribution in [0.25, 0.3) is 21.3 Å². The highest BCUT2D eigenvalue weighted by atomic mass is 32.1. The van der Waals surface area contributed by atoms with Crippen LogP contribution in [0.5, 0.6) is 0 Å². The predicted octanol–water partition coefficient (Wildman–Crippen LogP) is 4.16. The lowest BCUT2D eigenvalue weighted by atomic mass is 9.93. The first-order valence-electron chi connectivity index (χ1n) is 8.41. The van der Waals surface area contributed by atoms with E-state index in [0.29, 0.717) is 16.0 Å². The van der Waals surface area contributed by atoms with Gasteiger partial charge in [-0.25, -0.2) is 4.98 Å². The summed E-state index contributed by atoms with van der Waals surface area (Å²) in [5.41, 5.74) is 2.95. The molecular formula is C20H22N2O3S. The van der Waals surface area contributed by atoms with E-state index in [1.807, 2.05) is 24.4 Å². The van der Waals surface area contributed by atoms with Gasteiger partial charge in [0.2, 0.25) is 0 Å². The lowest BCUT2D eigenvalue weighted by Gasteiger charge is -2.21. The monoisotopic (exact) mass is 370 g/mol. The number of carbonyl (C=O) groups is 1. The standard InChI is InChI=1S/C20H22N2O3S/c1-11-6-7-14(8-12(11)2)15-9-26-17-16(15)18(23)22(13(3)21-17)10-20(4,5)19(24)25/h6-9H,10H2,1-5H3,(H,24,25). The number of benzene rings is 1. The zero-order valence-electron chi connectivity index (χ0n) is 15.6. The molecule has 1 N–H and O–H groups in total. The lowest BCUT2D eigenvalue weighted by Crippen LogP contribution is -2.35. The van der Waals surface area contributed by atoms with E-state index < -0.39 is 11.4 Å². The Kier molecular flexibility index (Phi) is 4.48. The molecule has 3 rings (SSSR count). The van der Waals surface area contributed by atoms with Gasteiger partial charge in [0.1, 0.15) is 10.7 Å². The van der Waals surface area contributed by atoms with Crippen molar-refractivity contribution in [2.45, 2.75) is 41.2 Å². The zero-order chi connectivity index (χ0) is 19.2. The molecule has 3 aromatic rings. The number of aromatic nitrogens is 2. The maximum Gasteiger partial charge on any atom is 0.310 e. The number of nitrogens with zero attached hydrogens (tertiary/aromatic N) is 2. The highest BCUT2D eigenvalue weighted by molar-refractivity contribution is 7.17. The minimum Gasteiger partial charge on any atom is -0.481 e. The SMILES string of the molecule is Cc1ccc(-c2csc3nc(C)n(CC(C)(C)C(=O)O)c(=O)c23)cc1C. The normalized spacial score (nSPS) is 11.9. The molecule has 0 spiro atoms. The molecule has 0 bridgehead atoms. The molecule has 0 radical (unpaired) electrons. The third kappa shape index (κ3) is 3.05.